The molecule has 0 atom stereocenters. The number of hydrogen-bond donors (Lipinski definition) is 0. The molecule has 1 rings (SSSR count). The summed E-state index contributed by atoms with van der Waals surface area (Å²) in [4.78, 5) is 0. The number of hydrogen-bond acceptors (Lipinski definition) is 2. The summed E-state index contributed by atoms with van der Waals surface area (Å²) < 4.78 is 4.51. The topological polar surface area (TPSA) is 49.8 Å². The monoisotopic (exact) mass is 123 g/mol. The first-order valence-corrected chi connectivity index (χ1v) is 2.60. The molecule has 0 saturated carbocycles. The number of allylic oxidation sites excluding steroid dienone is 1. The van der Waals surface area contributed by atoms with Crippen LogP contribution in [0.25, 0.3) is 0 Å². The molecule has 0 aromatic carbocycles. The first-order chi connectivity index (χ1) is 4.34. The fourth-order valence-corrected chi connectivity index (χ4v) is 0.557. The summed E-state index contributed by atoms with van der Waals surface area (Å²) in [5.74, 6) is 0.204. The number of aromatic nitrogens is 1. The van der Waals surface area contributed by atoms with Gasteiger partial charge in [0.15, 0.2) is 5.82 Å². The van der Waals surface area contributed by atoms with Crippen molar-refractivity contribution in [2.45, 2.75) is 6.42 Å². The minimum atomic E-state index is 0.204. The lowest BCUT2D eigenvalue weighted by Crippen LogP contribution is -1.77. The molecule has 0 aliphatic carbocycles. The van der Waals surface area contributed by atoms with Crippen LogP contribution in [0.4, 0.5) is 5.82 Å². The van der Waals surface area contributed by atoms with Gasteiger partial charge in [0.2, 0.25) is 0 Å². The van der Waals surface area contributed by atoms with Crippen LogP contribution in [0.3, 0.4) is 0 Å². The van der Waals surface area contributed by atoms with E-state index in [1.54, 1.807) is 6.08 Å². The van der Waals surface area contributed by atoms with Gasteiger partial charge in [-0.2, -0.15) is 0 Å². The van der Waals surface area contributed by atoms with Crippen LogP contribution >= 0.6 is 0 Å². The van der Waals surface area contributed by atoms with Crippen LogP contribution in [0.2, 0.25) is 0 Å². The number of rotatable bonds is 2. The van der Waals surface area contributed by atoms with Gasteiger partial charge in [-0.3, -0.25) is 5.73 Å². The summed E-state index contributed by atoms with van der Waals surface area (Å²) in [5, 5.41) is 3.38. The molecule has 1 radical (unpaired) electrons. The average Bonchev–Trinajstić information content (AvgIpc) is 2.18. The second-order valence-corrected chi connectivity index (χ2v) is 1.68. The SMILES string of the molecule is C=CCc1conc1[NH]. The number of nitrogens with zero attached hydrogens (tertiary/aromatic N) is 1. The molecule has 47 valence electrons. The second kappa shape index (κ2) is 2.35. The van der Waals surface area contributed by atoms with E-state index >= 15 is 0 Å². The Morgan fingerprint density at radius 1 is 1.89 bits per heavy atom. The normalized spacial score (nSPS) is 9.33. The highest BCUT2D eigenvalue weighted by Gasteiger charge is 1.99. The van der Waals surface area contributed by atoms with Crippen LogP contribution in [0.1, 0.15) is 5.56 Å². The molecule has 1 aromatic heterocycles. The van der Waals surface area contributed by atoms with Crippen LogP contribution in [0, 0.1) is 0 Å². The summed E-state index contributed by atoms with van der Waals surface area (Å²) >= 11 is 0. The molecule has 1 N–H and O–H groups in total. The highest BCUT2D eigenvalue weighted by atomic mass is 16.5. The van der Waals surface area contributed by atoms with E-state index in [4.69, 9.17) is 5.73 Å². The first kappa shape index (κ1) is 5.88. The third-order valence-electron chi connectivity index (χ3n) is 1.01. The van der Waals surface area contributed by atoms with Crippen molar-refractivity contribution in [2.24, 2.45) is 0 Å². The molecule has 0 amide bonds. The van der Waals surface area contributed by atoms with Crippen molar-refractivity contribution in [1.29, 1.82) is 0 Å². The Hall–Kier alpha value is -1.25. The fourth-order valence-electron chi connectivity index (χ4n) is 0.557. The zero-order valence-electron chi connectivity index (χ0n) is 4.92. The Morgan fingerprint density at radius 3 is 3.11 bits per heavy atom. The Morgan fingerprint density at radius 2 is 2.67 bits per heavy atom. The van der Waals surface area contributed by atoms with E-state index in [-0.39, 0.29) is 5.82 Å². The molecule has 9 heavy (non-hydrogen) atoms. The highest BCUT2D eigenvalue weighted by Crippen LogP contribution is 2.09. The van der Waals surface area contributed by atoms with E-state index in [0.717, 1.165) is 5.56 Å². The van der Waals surface area contributed by atoms with E-state index in [2.05, 4.69) is 16.3 Å². The largest absolute Gasteiger partial charge is 0.362 e. The molecular weight excluding hydrogens is 116 g/mol. The lowest BCUT2D eigenvalue weighted by atomic mass is 10.2. The quantitative estimate of drug-likeness (QED) is 0.557. The Labute approximate surface area is 53.1 Å². The molecule has 0 aliphatic heterocycles. The minimum Gasteiger partial charge on any atom is -0.362 e. The van der Waals surface area contributed by atoms with Gasteiger partial charge in [-0.1, -0.05) is 11.2 Å². The van der Waals surface area contributed by atoms with E-state index in [1.165, 1.54) is 6.26 Å². The van der Waals surface area contributed by atoms with Crippen molar-refractivity contribution in [3.8, 4) is 0 Å². The zero-order chi connectivity index (χ0) is 6.69. The van der Waals surface area contributed by atoms with Crippen molar-refractivity contribution in [3.05, 3.63) is 24.5 Å². The van der Waals surface area contributed by atoms with Crippen LogP contribution in [0.15, 0.2) is 23.4 Å². The minimum absolute atomic E-state index is 0.204. The van der Waals surface area contributed by atoms with Gasteiger partial charge in [0.05, 0.1) is 0 Å². The maximum atomic E-state index is 7.10. The molecule has 0 aliphatic rings. The predicted octanol–water partition coefficient (Wildman–Crippen LogP) is 1.32. The van der Waals surface area contributed by atoms with Gasteiger partial charge >= 0.3 is 0 Å². The van der Waals surface area contributed by atoms with Gasteiger partial charge in [-0.15, -0.1) is 6.58 Å². The highest BCUT2D eigenvalue weighted by molar-refractivity contribution is 5.32. The third-order valence-corrected chi connectivity index (χ3v) is 1.01. The van der Waals surface area contributed by atoms with Crippen LogP contribution in [-0.2, 0) is 6.42 Å². The van der Waals surface area contributed by atoms with Crippen molar-refractivity contribution in [1.82, 2.24) is 10.9 Å². The van der Waals surface area contributed by atoms with Crippen molar-refractivity contribution >= 4 is 5.82 Å². The smallest absolute Gasteiger partial charge is 0.191 e. The van der Waals surface area contributed by atoms with Crippen LogP contribution < -0.4 is 5.73 Å². The average molecular weight is 123 g/mol. The summed E-state index contributed by atoms with van der Waals surface area (Å²) in [7, 11) is 0. The van der Waals surface area contributed by atoms with E-state index in [9.17, 15) is 0 Å². The van der Waals surface area contributed by atoms with Gasteiger partial charge in [0, 0.05) is 5.56 Å². The third kappa shape index (κ3) is 1.10. The van der Waals surface area contributed by atoms with Crippen LogP contribution in [-0.4, -0.2) is 5.16 Å². The van der Waals surface area contributed by atoms with Gasteiger partial charge in [-0.25, -0.2) is 0 Å². The zero-order valence-corrected chi connectivity index (χ0v) is 4.92. The Bertz CT molecular complexity index is 205. The molecule has 1 heterocycles. The summed E-state index contributed by atoms with van der Waals surface area (Å²) in [5.41, 5.74) is 7.88. The first-order valence-electron chi connectivity index (χ1n) is 2.60. The Kier molecular flexibility index (Phi) is 1.53. The molecular formula is C6H7N2O. The van der Waals surface area contributed by atoms with Crippen molar-refractivity contribution < 1.29 is 4.52 Å². The van der Waals surface area contributed by atoms with Gasteiger partial charge in [-0.05, 0) is 6.42 Å². The molecule has 0 bridgehead atoms. The van der Waals surface area contributed by atoms with Crippen molar-refractivity contribution in [3.63, 3.8) is 0 Å². The van der Waals surface area contributed by atoms with Crippen molar-refractivity contribution in [2.75, 3.05) is 0 Å². The molecule has 0 spiro atoms. The van der Waals surface area contributed by atoms with E-state index in [0.29, 0.717) is 6.42 Å². The van der Waals surface area contributed by atoms with Gasteiger partial charge in [0.1, 0.15) is 6.26 Å². The molecule has 0 saturated heterocycles. The lowest BCUT2D eigenvalue weighted by Gasteiger charge is -1.83. The maximum Gasteiger partial charge on any atom is 0.191 e. The fraction of sp³-hybridized carbons (Fsp3) is 0.167. The summed E-state index contributed by atoms with van der Waals surface area (Å²) in [6.45, 7) is 3.52. The lowest BCUT2D eigenvalue weighted by molar-refractivity contribution is 0.420. The Balaban J connectivity index is 2.80. The molecule has 3 nitrogen and oxygen atoms in total. The predicted molar refractivity (Wildman–Crippen MR) is 33.2 cm³/mol. The van der Waals surface area contributed by atoms with Gasteiger partial charge in [0.25, 0.3) is 0 Å². The maximum absolute atomic E-state index is 7.10. The molecule has 0 fully saturated rings. The van der Waals surface area contributed by atoms with Crippen LogP contribution in [0.5, 0.6) is 0 Å². The summed E-state index contributed by atoms with van der Waals surface area (Å²) in [6.07, 6.45) is 3.83. The van der Waals surface area contributed by atoms with E-state index < -0.39 is 0 Å². The van der Waals surface area contributed by atoms with E-state index in [1.807, 2.05) is 0 Å². The summed E-state index contributed by atoms with van der Waals surface area (Å²) in [6, 6.07) is 0. The number of nitrogens with one attached hydrogen (secondary N) is 1. The van der Waals surface area contributed by atoms with Gasteiger partial charge < -0.3 is 4.52 Å². The molecule has 0 unspecified atom stereocenters. The standard InChI is InChI=1S/C6H7N2O/c1-2-3-5-4-9-8-6(5)7/h2,4,7H,1,3H2. The second-order valence-electron chi connectivity index (χ2n) is 1.68. The molecule has 1 aromatic rings. The molecule has 3 heteroatoms.